The van der Waals surface area contributed by atoms with E-state index in [1.165, 1.54) is 49.4 Å². The first-order chi connectivity index (χ1) is 18.3. The van der Waals surface area contributed by atoms with Gasteiger partial charge in [0.25, 0.3) is 0 Å². The number of aryl methyl sites for hydroxylation is 1. The highest BCUT2D eigenvalue weighted by Crippen LogP contribution is 2.25. The molecule has 1 aliphatic heterocycles. The van der Waals surface area contributed by atoms with Gasteiger partial charge in [-0.05, 0) is 60.5 Å². The zero-order valence-electron chi connectivity index (χ0n) is 20.6. The zero-order chi connectivity index (χ0) is 27.1. The van der Waals surface area contributed by atoms with Gasteiger partial charge in [-0.25, -0.2) is 4.98 Å². The molecule has 2 bridgehead atoms. The maximum atomic E-state index is 12.9. The number of hydrogen-bond acceptors (Lipinski definition) is 8. The minimum Gasteiger partial charge on any atom is -0.489 e. The van der Waals surface area contributed by atoms with E-state index in [9.17, 15) is 18.4 Å². The molecule has 0 amide bonds. The lowest BCUT2D eigenvalue weighted by Crippen LogP contribution is -2.29. The molecule has 8 nitrogen and oxygen atoms in total. The lowest BCUT2D eigenvalue weighted by atomic mass is 9.94. The molecule has 2 aromatic heterocycles. The Labute approximate surface area is 217 Å². The van der Waals surface area contributed by atoms with Crippen LogP contribution in [-0.2, 0) is 22.6 Å². The Hall–Kier alpha value is -4.60. The van der Waals surface area contributed by atoms with E-state index >= 15 is 0 Å². The largest absolute Gasteiger partial charge is 0.489 e. The molecular formula is C28H24F2N2O6. The number of aromatic nitrogens is 2. The van der Waals surface area contributed by atoms with Crippen molar-refractivity contribution in [2.24, 2.45) is 5.92 Å². The molecule has 0 saturated carbocycles. The first-order valence-electron chi connectivity index (χ1n) is 11.6. The van der Waals surface area contributed by atoms with Gasteiger partial charge in [0.05, 0.1) is 12.8 Å². The van der Waals surface area contributed by atoms with E-state index in [1.54, 1.807) is 19.1 Å². The van der Waals surface area contributed by atoms with E-state index in [2.05, 4.69) is 26.8 Å². The van der Waals surface area contributed by atoms with Gasteiger partial charge in [-0.3, -0.25) is 14.6 Å². The van der Waals surface area contributed by atoms with Gasteiger partial charge >= 0.3 is 12.6 Å². The van der Waals surface area contributed by atoms with E-state index in [4.69, 9.17) is 13.9 Å². The SMILES string of the molecule is COC(=O)C(Cc1coc(-c2ccc(OC(F)F)cc2)n1)C(=O)c1ncccc1C.c1cc2cc(c1)OC2. The molecule has 1 atom stereocenters. The van der Waals surface area contributed by atoms with Gasteiger partial charge in [-0.1, -0.05) is 18.2 Å². The van der Waals surface area contributed by atoms with Crippen LogP contribution in [0, 0.1) is 12.8 Å². The minimum absolute atomic E-state index is 0.00242. The van der Waals surface area contributed by atoms with Crippen LogP contribution in [0.5, 0.6) is 11.5 Å². The number of Topliss-reactive ketones (excluding diaryl/α,β-unsaturated/α-hetero) is 1. The number of ketones is 1. The molecule has 2 aromatic carbocycles. The number of esters is 1. The number of methoxy groups -OCH3 is 1. The number of fused-ring (bicyclic) bond motifs is 2. The zero-order valence-corrected chi connectivity index (χ0v) is 20.6. The van der Waals surface area contributed by atoms with E-state index in [1.807, 2.05) is 12.1 Å². The van der Waals surface area contributed by atoms with Crippen molar-refractivity contribution < 1.29 is 37.0 Å². The Morgan fingerprint density at radius 1 is 1.08 bits per heavy atom. The molecule has 0 fully saturated rings. The van der Waals surface area contributed by atoms with Crippen molar-refractivity contribution in [3.8, 4) is 23.0 Å². The molecule has 38 heavy (non-hydrogen) atoms. The lowest BCUT2D eigenvalue weighted by Gasteiger charge is -2.13. The van der Waals surface area contributed by atoms with Gasteiger partial charge in [0.1, 0.15) is 36.0 Å². The third kappa shape index (κ3) is 6.58. The van der Waals surface area contributed by atoms with Crippen LogP contribution in [0.25, 0.3) is 11.5 Å². The maximum Gasteiger partial charge on any atom is 0.387 e. The predicted molar refractivity (Wildman–Crippen MR) is 132 cm³/mol. The van der Waals surface area contributed by atoms with Crippen LogP contribution in [0.1, 0.15) is 27.3 Å². The van der Waals surface area contributed by atoms with Crippen LogP contribution < -0.4 is 9.47 Å². The summed E-state index contributed by atoms with van der Waals surface area (Å²) in [4.78, 5) is 33.5. The molecular weight excluding hydrogens is 498 g/mol. The summed E-state index contributed by atoms with van der Waals surface area (Å²) in [5, 5.41) is 0. The Morgan fingerprint density at radius 2 is 1.87 bits per heavy atom. The molecule has 0 N–H and O–H groups in total. The summed E-state index contributed by atoms with van der Waals surface area (Å²) in [7, 11) is 1.20. The molecule has 196 valence electrons. The van der Waals surface area contributed by atoms with E-state index in [0.29, 0.717) is 16.8 Å². The van der Waals surface area contributed by atoms with Crippen molar-refractivity contribution >= 4 is 11.8 Å². The highest BCUT2D eigenvalue weighted by molar-refractivity contribution is 6.08. The summed E-state index contributed by atoms with van der Waals surface area (Å²) < 4.78 is 44.2. The number of carbonyl (C=O) groups excluding carboxylic acids is 2. The summed E-state index contributed by atoms with van der Waals surface area (Å²) in [6.45, 7) is -0.424. The van der Waals surface area contributed by atoms with Crippen LogP contribution in [0.3, 0.4) is 0 Å². The molecule has 4 aromatic rings. The van der Waals surface area contributed by atoms with E-state index in [-0.39, 0.29) is 23.8 Å². The lowest BCUT2D eigenvalue weighted by molar-refractivity contribution is -0.143. The molecule has 1 unspecified atom stereocenters. The maximum absolute atomic E-state index is 12.9. The Morgan fingerprint density at radius 3 is 2.53 bits per heavy atom. The summed E-state index contributed by atoms with van der Waals surface area (Å²) in [5.41, 5.74) is 2.98. The number of oxazole rings is 1. The Balaban J connectivity index is 0.000000353. The topological polar surface area (TPSA) is 101 Å². The standard InChI is InChI=1S/C21H18F2N2O5.C7H6O/c1-12-4-3-9-24-17(12)18(26)16(20(27)28-2)10-14-11-29-19(25-14)13-5-7-15(8-6-13)30-21(22)23;1-2-6-4-7(3-1)8-5-6/h3-9,11,16,21H,10H2,1-2H3;1-4H,5H2. The summed E-state index contributed by atoms with van der Waals surface area (Å²) in [6, 6.07) is 17.3. The van der Waals surface area contributed by atoms with Gasteiger partial charge in [0, 0.05) is 18.2 Å². The molecule has 0 spiro atoms. The quantitative estimate of drug-likeness (QED) is 0.171. The minimum atomic E-state index is -2.92. The molecule has 0 aliphatic carbocycles. The summed E-state index contributed by atoms with van der Waals surface area (Å²) >= 11 is 0. The third-order valence-corrected chi connectivity index (χ3v) is 5.64. The second-order valence-corrected chi connectivity index (χ2v) is 8.30. The smallest absolute Gasteiger partial charge is 0.387 e. The van der Waals surface area contributed by atoms with Crippen molar-refractivity contribution in [3.63, 3.8) is 0 Å². The van der Waals surface area contributed by atoms with Crippen molar-refractivity contribution in [1.82, 2.24) is 9.97 Å². The molecule has 10 heteroatoms. The second-order valence-electron chi connectivity index (χ2n) is 8.30. The van der Waals surface area contributed by atoms with Crippen LogP contribution in [-0.4, -0.2) is 35.4 Å². The normalized spacial score (nSPS) is 12.2. The van der Waals surface area contributed by atoms with Crippen LogP contribution in [0.15, 0.2) is 77.5 Å². The third-order valence-electron chi connectivity index (χ3n) is 5.64. The van der Waals surface area contributed by atoms with Gasteiger partial charge in [-0.15, -0.1) is 0 Å². The van der Waals surface area contributed by atoms with Crippen molar-refractivity contribution in [3.05, 3.63) is 95.6 Å². The van der Waals surface area contributed by atoms with Gasteiger partial charge in [0.2, 0.25) is 5.89 Å². The second kappa shape index (κ2) is 12.1. The summed E-state index contributed by atoms with van der Waals surface area (Å²) in [6.07, 6.45) is 2.76. The van der Waals surface area contributed by atoms with Crippen LogP contribution >= 0.6 is 0 Å². The number of hydrogen-bond donors (Lipinski definition) is 0. The molecule has 1 aliphatic rings. The van der Waals surface area contributed by atoms with Crippen molar-refractivity contribution in [2.45, 2.75) is 26.6 Å². The highest BCUT2D eigenvalue weighted by atomic mass is 19.3. The number of rotatable bonds is 8. The summed E-state index contributed by atoms with van der Waals surface area (Å²) in [5.74, 6) is -1.10. The first-order valence-corrected chi connectivity index (χ1v) is 11.6. The van der Waals surface area contributed by atoms with E-state index < -0.39 is 24.3 Å². The fraction of sp³-hybridized carbons (Fsp3) is 0.214. The highest BCUT2D eigenvalue weighted by Gasteiger charge is 2.31. The van der Waals surface area contributed by atoms with Crippen LogP contribution in [0.4, 0.5) is 8.78 Å². The molecule has 5 rings (SSSR count). The number of alkyl halides is 2. The number of halogens is 2. The van der Waals surface area contributed by atoms with Gasteiger partial charge < -0.3 is 18.6 Å². The average Bonchev–Trinajstić information content (AvgIpc) is 3.52. The number of pyridine rings is 1. The van der Waals surface area contributed by atoms with Crippen molar-refractivity contribution in [2.75, 3.05) is 7.11 Å². The molecule has 3 heterocycles. The fourth-order valence-electron chi connectivity index (χ4n) is 3.75. The first kappa shape index (κ1) is 26.5. The predicted octanol–water partition coefficient (Wildman–Crippen LogP) is 5.44. The Bertz CT molecular complexity index is 1390. The average molecular weight is 523 g/mol. The number of benzene rings is 2. The monoisotopic (exact) mass is 522 g/mol. The number of carbonyl (C=O) groups is 2. The van der Waals surface area contributed by atoms with Crippen molar-refractivity contribution in [1.29, 1.82) is 0 Å². The van der Waals surface area contributed by atoms with E-state index in [0.717, 1.165) is 12.4 Å². The Kier molecular flexibility index (Phi) is 8.42. The number of nitrogens with zero attached hydrogens (tertiary/aromatic N) is 2. The van der Waals surface area contributed by atoms with Gasteiger partial charge in [-0.2, -0.15) is 8.78 Å². The molecule has 0 radical (unpaired) electrons. The fourth-order valence-corrected chi connectivity index (χ4v) is 3.75. The molecule has 0 saturated heterocycles. The van der Waals surface area contributed by atoms with Gasteiger partial charge in [0.15, 0.2) is 5.78 Å². The van der Waals surface area contributed by atoms with Crippen LogP contribution in [0.2, 0.25) is 0 Å². The number of ether oxygens (including phenoxy) is 3.